The van der Waals surface area contributed by atoms with Crippen molar-refractivity contribution in [2.24, 2.45) is 0 Å². The molecule has 8 heteroatoms. The Kier molecular flexibility index (Phi) is 4.13. The number of nitrogens with one attached hydrogen (secondary N) is 2. The smallest absolute Gasteiger partial charge is 0.270 e. The summed E-state index contributed by atoms with van der Waals surface area (Å²) < 4.78 is 2.20. The quantitative estimate of drug-likeness (QED) is 0.711. The van der Waals surface area contributed by atoms with Crippen molar-refractivity contribution in [3.8, 4) is 0 Å². The standard InChI is InChI=1S/C19H21ClN6O/c20-13-4-3-12-10-15(22-14(12)11-13)19(27)25-8-1-2-16(25)18-24-23-17-5-6-21-7-9-26(17)18/h3-4,10-11,16,21-22H,1-2,5-9H2. The number of amides is 1. The molecule has 1 atom stereocenters. The third kappa shape index (κ3) is 2.91. The molecule has 3 aromatic rings. The van der Waals surface area contributed by atoms with Crippen molar-refractivity contribution in [3.05, 3.63) is 46.6 Å². The zero-order valence-corrected chi connectivity index (χ0v) is 15.7. The van der Waals surface area contributed by atoms with E-state index in [-0.39, 0.29) is 11.9 Å². The van der Waals surface area contributed by atoms with Gasteiger partial charge in [0.1, 0.15) is 11.5 Å². The van der Waals surface area contributed by atoms with Gasteiger partial charge < -0.3 is 19.8 Å². The molecule has 0 radical (unpaired) electrons. The van der Waals surface area contributed by atoms with E-state index in [9.17, 15) is 4.79 Å². The Bertz CT molecular complexity index is 1010. The minimum Gasteiger partial charge on any atom is -0.350 e. The molecule has 4 heterocycles. The van der Waals surface area contributed by atoms with Crippen molar-refractivity contribution < 1.29 is 4.79 Å². The molecule has 140 valence electrons. The molecule has 2 N–H and O–H groups in total. The Labute approximate surface area is 161 Å². The molecule has 0 spiro atoms. The summed E-state index contributed by atoms with van der Waals surface area (Å²) >= 11 is 6.07. The van der Waals surface area contributed by atoms with E-state index >= 15 is 0 Å². The SMILES string of the molecule is O=C(c1cc2ccc(Cl)cc2[nH]1)N1CCCC1c1nnc2n1CCNCC2. The molecule has 0 saturated carbocycles. The molecular formula is C19H21ClN6O. The first-order valence-electron chi connectivity index (χ1n) is 9.42. The van der Waals surface area contributed by atoms with Crippen molar-refractivity contribution in [1.82, 2.24) is 30.0 Å². The van der Waals surface area contributed by atoms with Gasteiger partial charge in [-0.3, -0.25) is 4.79 Å². The third-order valence-corrected chi connectivity index (χ3v) is 5.76. The summed E-state index contributed by atoms with van der Waals surface area (Å²) in [5.41, 5.74) is 1.47. The van der Waals surface area contributed by atoms with Crippen molar-refractivity contribution in [3.63, 3.8) is 0 Å². The summed E-state index contributed by atoms with van der Waals surface area (Å²) in [7, 11) is 0. The van der Waals surface area contributed by atoms with Gasteiger partial charge in [0.05, 0.1) is 6.04 Å². The van der Waals surface area contributed by atoms with E-state index in [2.05, 4.69) is 25.1 Å². The number of aromatic amines is 1. The van der Waals surface area contributed by atoms with Crippen LogP contribution in [0.2, 0.25) is 5.02 Å². The third-order valence-electron chi connectivity index (χ3n) is 5.52. The maximum atomic E-state index is 13.2. The van der Waals surface area contributed by atoms with Gasteiger partial charge in [0.25, 0.3) is 5.91 Å². The van der Waals surface area contributed by atoms with Gasteiger partial charge in [-0.1, -0.05) is 17.7 Å². The lowest BCUT2D eigenvalue weighted by Crippen LogP contribution is -2.32. The number of rotatable bonds is 2. The number of carbonyl (C=O) groups is 1. The first kappa shape index (κ1) is 16.8. The highest BCUT2D eigenvalue weighted by molar-refractivity contribution is 6.31. The topological polar surface area (TPSA) is 78.8 Å². The lowest BCUT2D eigenvalue weighted by atomic mass is 10.2. The maximum Gasteiger partial charge on any atom is 0.270 e. The van der Waals surface area contributed by atoms with Crippen LogP contribution in [0.5, 0.6) is 0 Å². The van der Waals surface area contributed by atoms with Crippen molar-refractivity contribution in [1.29, 1.82) is 0 Å². The zero-order chi connectivity index (χ0) is 18.4. The number of aromatic nitrogens is 4. The molecule has 1 amide bonds. The molecule has 0 aliphatic carbocycles. The van der Waals surface area contributed by atoms with Gasteiger partial charge in [-0.2, -0.15) is 0 Å². The number of likely N-dealkylation sites (tertiary alicyclic amines) is 1. The van der Waals surface area contributed by atoms with Crippen LogP contribution in [0.1, 0.15) is 41.0 Å². The fourth-order valence-corrected chi connectivity index (χ4v) is 4.36. The Morgan fingerprint density at radius 3 is 3.04 bits per heavy atom. The normalized spacial score (nSPS) is 20.0. The maximum absolute atomic E-state index is 13.2. The van der Waals surface area contributed by atoms with Gasteiger partial charge >= 0.3 is 0 Å². The Hall–Kier alpha value is -2.38. The molecule has 5 rings (SSSR count). The second-order valence-corrected chi connectivity index (χ2v) is 7.63. The number of nitrogens with zero attached hydrogens (tertiary/aromatic N) is 4. The predicted molar refractivity (Wildman–Crippen MR) is 103 cm³/mol. The number of hydrogen-bond acceptors (Lipinski definition) is 4. The molecule has 1 unspecified atom stereocenters. The summed E-state index contributed by atoms with van der Waals surface area (Å²) in [4.78, 5) is 18.4. The van der Waals surface area contributed by atoms with Gasteiger partial charge in [-0.25, -0.2) is 0 Å². The fourth-order valence-electron chi connectivity index (χ4n) is 4.19. The molecule has 7 nitrogen and oxygen atoms in total. The van der Waals surface area contributed by atoms with E-state index in [4.69, 9.17) is 11.6 Å². The van der Waals surface area contributed by atoms with Gasteiger partial charge in [0.15, 0.2) is 5.82 Å². The van der Waals surface area contributed by atoms with Gasteiger partial charge in [0, 0.05) is 48.5 Å². The van der Waals surface area contributed by atoms with Crippen LogP contribution in [-0.2, 0) is 13.0 Å². The van der Waals surface area contributed by atoms with E-state index in [1.54, 1.807) is 0 Å². The van der Waals surface area contributed by atoms with E-state index in [0.717, 1.165) is 68.0 Å². The molecule has 2 aliphatic heterocycles. The first-order chi connectivity index (χ1) is 13.2. The van der Waals surface area contributed by atoms with E-state index < -0.39 is 0 Å². The van der Waals surface area contributed by atoms with Crippen LogP contribution in [0.15, 0.2) is 24.3 Å². The second-order valence-electron chi connectivity index (χ2n) is 7.20. The number of halogens is 1. The van der Waals surface area contributed by atoms with Crippen molar-refractivity contribution in [2.75, 3.05) is 19.6 Å². The second kappa shape index (κ2) is 6.65. The van der Waals surface area contributed by atoms with Gasteiger partial charge in [-0.15, -0.1) is 10.2 Å². The molecule has 2 aromatic heterocycles. The highest BCUT2D eigenvalue weighted by Gasteiger charge is 2.35. The molecule has 27 heavy (non-hydrogen) atoms. The van der Waals surface area contributed by atoms with Crippen molar-refractivity contribution in [2.45, 2.75) is 31.8 Å². The lowest BCUT2D eigenvalue weighted by molar-refractivity contribution is 0.0722. The number of fused-ring (bicyclic) bond motifs is 2. The summed E-state index contributed by atoms with van der Waals surface area (Å²) in [5, 5.41) is 13.9. The first-order valence-corrected chi connectivity index (χ1v) is 9.80. The van der Waals surface area contributed by atoms with Crippen LogP contribution in [0.4, 0.5) is 0 Å². The molecule has 1 saturated heterocycles. The highest BCUT2D eigenvalue weighted by atomic mass is 35.5. The Morgan fingerprint density at radius 1 is 1.19 bits per heavy atom. The van der Waals surface area contributed by atoms with Crippen LogP contribution in [-0.4, -0.2) is 50.2 Å². The predicted octanol–water partition coefficient (Wildman–Crippen LogP) is 2.54. The summed E-state index contributed by atoms with van der Waals surface area (Å²) in [6.07, 6.45) is 2.77. The fraction of sp³-hybridized carbons (Fsp3) is 0.421. The van der Waals surface area contributed by atoms with Crippen molar-refractivity contribution >= 4 is 28.4 Å². The van der Waals surface area contributed by atoms with E-state index in [0.29, 0.717) is 10.7 Å². The van der Waals surface area contributed by atoms with Crippen LogP contribution < -0.4 is 5.32 Å². The van der Waals surface area contributed by atoms with Crippen LogP contribution in [0.3, 0.4) is 0 Å². The summed E-state index contributed by atoms with van der Waals surface area (Å²) in [5.74, 6) is 1.93. The average molecular weight is 385 g/mol. The molecular weight excluding hydrogens is 364 g/mol. The number of benzene rings is 1. The number of H-pyrrole nitrogens is 1. The lowest BCUT2D eigenvalue weighted by Gasteiger charge is -2.24. The van der Waals surface area contributed by atoms with Crippen LogP contribution >= 0.6 is 11.6 Å². The Balaban J connectivity index is 1.47. The van der Waals surface area contributed by atoms with Gasteiger partial charge in [-0.05, 0) is 31.0 Å². The zero-order valence-electron chi connectivity index (χ0n) is 14.9. The summed E-state index contributed by atoms with van der Waals surface area (Å²) in [6, 6.07) is 7.49. The molecule has 1 fully saturated rings. The highest BCUT2D eigenvalue weighted by Crippen LogP contribution is 2.33. The molecule has 1 aromatic carbocycles. The monoisotopic (exact) mass is 384 g/mol. The van der Waals surface area contributed by atoms with E-state index in [1.807, 2.05) is 29.2 Å². The molecule has 0 bridgehead atoms. The minimum absolute atomic E-state index is 0.00826. The van der Waals surface area contributed by atoms with Gasteiger partial charge in [0.2, 0.25) is 0 Å². The van der Waals surface area contributed by atoms with Crippen LogP contribution in [0, 0.1) is 0 Å². The Morgan fingerprint density at radius 2 is 2.11 bits per heavy atom. The van der Waals surface area contributed by atoms with E-state index in [1.165, 1.54) is 0 Å². The average Bonchev–Trinajstić information content (AvgIpc) is 3.35. The largest absolute Gasteiger partial charge is 0.350 e. The van der Waals surface area contributed by atoms with Crippen LogP contribution in [0.25, 0.3) is 10.9 Å². The number of carbonyl (C=O) groups excluding carboxylic acids is 1. The summed E-state index contributed by atoms with van der Waals surface area (Å²) in [6.45, 7) is 3.41. The molecule has 2 aliphatic rings. The number of hydrogen-bond donors (Lipinski definition) is 2. The minimum atomic E-state index is -0.0214.